The van der Waals surface area contributed by atoms with Crippen LogP contribution in [0.4, 0.5) is 0 Å². The lowest BCUT2D eigenvalue weighted by Gasteiger charge is -2.29. The topological polar surface area (TPSA) is 120 Å². The molecule has 1 aliphatic heterocycles. The number of hydrogen-bond acceptors (Lipinski definition) is 8. The van der Waals surface area contributed by atoms with Gasteiger partial charge in [0.25, 0.3) is 0 Å². The van der Waals surface area contributed by atoms with E-state index in [9.17, 15) is 19.4 Å². The fourth-order valence-corrected chi connectivity index (χ4v) is 2.62. The lowest BCUT2D eigenvalue weighted by Crippen LogP contribution is -2.52. The fourth-order valence-electron chi connectivity index (χ4n) is 2.62. The van der Waals surface area contributed by atoms with Gasteiger partial charge in [-0.05, 0) is 38.8 Å². The van der Waals surface area contributed by atoms with E-state index in [1.807, 2.05) is 0 Å². The normalized spacial score (nSPS) is 15.8. The molecule has 2 rings (SSSR count). The second kappa shape index (κ2) is 8.51. The van der Waals surface area contributed by atoms with Gasteiger partial charge >= 0.3 is 19.1 Å². The molecule has 0 bridgehead atoms. The standard InChI is InChI=1S/C18H24BNO8/c1-10(21)20-13-8-11-6-7-12(25-5)14(15(11)28-19(13)24)16(22)26-9-27-17(23)18(2,3)4/h6-7,13,24H,8-9H2,1-5H3,(H,20,21)/t13-/m0/s1. The molecule has 2 N–H and O–H groups in total. The molecule has 1 atom stereocenters. The summed E-state index contributed by atoms with van der Waals surface area (Å²) in [6, 6.07) is 3.23. The second-order valence-electron chi connectivity index (χ2n) is 7.38. The first-order valence-corrected chi connectivity index (χ1v) is 8.70. The SMILES string of the molecule is COc1ccc2c(c1C(=O)OCOC(=O)C(C)(C)C)OB(O)[C@@H](NC(C)=O)C2. The Morgan fingerprint density at radius 1 is 1.29 bits per heavy atom. The summed E-state index contributed by atoms with van der Waals surface area (Å²) in [6.45, 7) is 5.79. The molecular weight excluding hydrogens is 369 g/mol. The van der Waals surface area contributed by atoms with Crippen molar-refractivity contribution in [1.82, 2.24) is 5.32 Å². The van der Waals surface area contributed by atoms with Crippen LogP contribution in [0, 0.1) is 5.41 Å². The number of amides is 1. The number of rotatable bonds is 5. The minimum Gasteiger partial charge on any atom is -0.534 e. The molecule has 0 unspecified atom stereocenters. The van der Waals surface area contributed by atoms with E-state index in [2.05, 4.69) is 5.32 Å². The van der Waals surface area contributed by atoms with Gasteiger partial charge in [-0.1, -0.05) is 6.07 Å². The zero-order chi connectivity index (χ0) is 21.1. The molecule has 0 aliphatic carbocycles. The number of carbonyl (C=O) groups excluding carboxylic acids is 3. The van der Waals surface area contributed by atoms with E-state index in [-0.39, 0.29) is 29.4 Å². The van der Waals surface area contributed by atoms with Gasteiger partial charge in [0.05, 0.1) is 18.5 Å². The summed E-state index contributed by atoms with van der Waals surface area (Å²) in [5, 5.41) is 12.8. The minimum atomic E-state index is -1.35. The van der Waals surface area contributed by atoms with E-state index < -0.39 is 37.2 Å². The second-order valence-corrected chi connectivity index (χ2v) is 7.38. The molecule has 1 aliphatic rings. The fraction of sp³-hybridized carbons (Fsp3) is 0.500. The Labute approximate surface area is 163 Å². The van der Waals surface area contributed by atoms with E-state index in [0.717, 1.165) is 0 Å². The van der Waals surface area contributed by atoms with Crippen LogP contribution in [-0.4, -0.2) is 49.8 Å². The van der Waals surface area contributed by atoms with Gasteiger partial charge in [0.2, 0.25) is 12.7 Å². The largest absolute Gasteiger partial charge is 0.547 e. The molecule has 0 saturated carbocycles. The maximum Gasteiger partial charge on any atom is 0.547 e. The Hall–Kier alpha value is -2.75. The maximum absolute atomic E-state index is 12.6. The number of nitrogens with one attached hydrogen (secondary N) is 1. The molecule has 0 radical (unpaired) electrons. The van der Waals surface area contributed by atoms with Gasteiger partial charge in [0.1, 0.15) is 17.1 Å². The summed E-state index contributed by atoms with van der Waals surface area (Å²) in [7, 11) is 0.0195. The number of carbonyl (C=O) groups is 3. The van der Waals surface area contributed by atoms with Crippen molar-refractivity contribution in [2.75, 3.05) is 13.9 Å². The van der Waals surface area contributed by atoms with E-state index in [0.29, 0.717) is 5.56 Å². The van der Waals surface area contributed by atoms with Crippen LogP contribution in [-0.2, 0) is 25.5 Å². The molecular formula is C18H24BNO8. The Morgan fingerprint density at radius 2 is 1.96 bits per heavy atom. The van der Waals surface area contributed by atoms with Gasteiger partial charge in [-0.25, -0.2) is 4.79 Å². The molecule has 0 saturated heterocycles. The quantitative estimate of drug-likeness (QED) is 0.429. The van der Waals surface area contributed by atoms with Crippen LogP contribution in [0.25, 0.3) is 0 Å². The zero-order valence-electron chi connectivity index (χ0n) is 16.5. The van der Waals surface area contributed by atoms with Crippen molar-refractivity contribution >= 4 is 25.0 Å². The molecule has 10 heteroatoms. The van der Waals surface area contributed by atoms with Crippen LogP contribution >= 0.6 is 0 Å². The Balaban J connectivity index is 2.21. The van der Waals surface area contributed by atoms with Gasteiger partial charge in [-0.3, -0.25) is 9.59 Å². The van der Waals surface area contributed by atoms with Crippen molar-refractivity contribution in [2.24, 2.45) is 5.41 Å². The van der Waals surface area contributed by atoms with Crippen molar-refractivity contribution in [3.8, 4) is 11.5 Å². The summed E-state index contributed by atoms with van der Waals surface area (Å²) in [5.41, 5.74) is -0.183. The van der Waals surface area contributed by atoms with Crippen molar-refractivity contribution < 1.29 is 38.3 Å². The Bertz CT molecular complexity index is 774. The third-order valence-corrected chi connectivity index (χ3v) is 4.03. The van der Waals surface area contributed by atoms with Crippen molar-refractivity contribution in [3.05, 3.63) is 23.3 Å². The lowest BCUT2D eigenvalue weighted by atomic mass is 9.72. The first kappa shape index (κ1) is 21.6. The molecule has 0 fully saturated rings. The van der Waals surface area contributed by atoms with Gasteiger partial charge in [-0.15, -0.1) is 0 Å². The van der Waals surface area contributed by atoms with Gasteiger partial charge in [-0.2, -0.15) is 0 Å². The van der Waals surface area contributed by atoms with Gasteiger partial charge < -0.3 is 29.2 Å². The third-order valence-electron chi connectivity index (χ3n) is 4.03. The van der Waals surface area contributed by atoms with E-state index in [1.54, 1.807) is 32.9 Å². The summed E-state index contributed by atoms with van der Waals surface area (Å²) >= 11 is 0. The van der Waals surface area contributed by atoms with Gasteiger partial charge in [0.15, 0.2) is 0 Å². The molecule has 9 nitrogen and oxygen atoms in total. The van der Waals surface area contributed by atoms with Crippen LogP contribution < -0.4 is 14.7 Å². The average Bonchev–Trinajstić information content (AvgIpc) is 2.60. The highest BCUT2D eigenvalue weighted by Gasteiger charge is 2.38. The maximum atomic E-state index is 12.6. The van der Waals surface area contributed by atoms with Crippen molar-refractivity contribution in [1.29, 1.82) is 0 Å². The number of ether oxygens (including phenoxy) is 3. The molecule has 0 aromatic heterocycles. The van der Waals surface area contributed by atoms with Crippen LogP contribution in [0.5, 0.6) is 11.5 Å². The molecule has 1 amide bonds. The summed E-state index contributed by atoms with van der Waals surface area (Å²) < 4.78 is 20.6. The van der Waals surface area contributed by atoms with E-state index in [4.69, 9.17) is 18.9 Å². The van der Waals surface area contributed by atoms with E-state index in [1.165, 1.54) is 14.0 Å². The monoisotopic (exact) mass is 393 g/mol. The highest BCUT2D eigenvalue weighted by atomic mass is 16.7. The molecule has 152 valence electrons. The number of benzene rings is 1. The van der Waals surface area contributed by atoms with E-state index >= 15 is 0 Å². The average molecular weight is 393 g/mol. The lowest BCUT2D eigenvalue weighted by molar-refractivity contribution is -0.161. The predicted molar refractivity (Wildman–Crippen MR) is 98.7 cm³/mol. The number of methoxy groups -OCH3 is 1. The highest BCUT2D eigenvalue weighted by Crippen LogP contribution is 2.36. The van der Waals surface area contributed by atoms with Crippen LogP contribution in [0.1, 0.15) is 43.6 Å². The Kier molecular flexibility index (Phi) is 6.55. The van der Waals surface area contributed by atoms with Crippen LogP contribution in [0.15, 0.2) is 12.1 Å². The molecule has 1 aromatic rings. The molecule has 0 spiro atoms. The Morgan fingerprint density at radius 3 is 2.54 bits per heavy atom. The summed E-state index contributed by atoms with van der Waals surface area (Å²) in [5.74, 6) is -2.05. The highest BCUT2D eigenvalue weighted by molar-refractivity contribution is 6.47. The molecule has 28 heavy (non-hydrogen) atoms. The zero-order valence-corrected chi connectivity index (χ0v) is 16.5. The number of fused-ring (bicyclic) bond motifs is 1. The minimum absolute atomic E-state index is 0.0351. The van der Waals surface area contributed by atoms with Crippen LogP contribution in [0.3, 0.4) is 0 Å². The van der Waals surface area contributed by atoms with Crippen LogP contribution in [0.2, 0.25) is 0 Å². The van der Waals surface area contributed by atoms with Crippen molar-refractivity contribution in [2.45, 2.75) is 40.1 Å². The smallest absolute Gasteiger partial charge is 0.534 e. The first-order chi connectivity index (χ1) is 13.0. The summed E-state index contributed by atoms with van der Waals surface area (Å²) in [4.78, 5) is 35.6. The predicted octanol–water partition coefficient (Wildman–Crippen LogP) is 0.858. The first-order valence-electron chi connectivity index (χ1n) is 8.70. The summed E-state index contributed by atoms with van der Waals surface area (Å²) in [6.07, 6.45) is 0.249. The molecule has 1 heterocycles. The number of esters is 2. The van der Waals surface area contributed by atoms with Gasteiger partial charge in [0, 0.05) is 6.92 Å². The number of hydrogen-bond donors (Lipinski definition) is 2. The third kappa shape index (κ3) is 4.95. The van der Waals surface area contributed by atoms with Crippen molar-refractivity contribution in [3.63, 3.8) is 0 Å². The molecule has 1 aromatic carbocycles.